The summed E-state index contributed by atoms with van der Waals surface area (Å²) in [6, 6.07) is 6.99. The van der Waals surface area contributed by atoms with Gasteiger partial charge in [0.15, 0.2) is 5.69 Å². The maximum atomic E-state index is 13.4. The summed E-state index contributed by atoms with van der Waals surface area (Å²) < 4.78 is 40.1. The van der Waals surface area contributed by atoms with Crippen LogP contribution in [0.2, 0.25) is 0 Å². The highest BCUT2D eigenvalue weighted by atomic mass is 19.4. The summed E-state index contributed by atoms with van der Waals surface area (Å²) in [5, 5.41) is 9.13. The van der Waals surface area contributed by atoms with Crippen LogP contribution in [-0.2, 0) is 6.18 Å². The summed E-state index contributed by atoms with van der Waals surface area (Å²) in [7, 11) is 0. The predicted molar refractivity (Wildman–Crippen MR) is 100 cm³/mol. The molecular weight excluding hydrogens is 399 g/mol. The summed E-state index contributed by atoms with van der Waals surface area (Å²) in [6.07, 6.45) is -3.23. The van der Waals surface area contributed by atoms with Crippen molar-refractivity contribution in [3.63, 3.8) is 0 Å². The van der Waals surface area contributed by atoms with Gasteiger partial charge in [0.25, 0.3) is 5.91 Å². The second kappa shape index (κ2) is 7.37. The van der Waals surface area contributed by atoms with E-state index in [1.165, 1.54) is 12.1 Å². The summed E-state index contributed by atoms with van der Waals surface area (Å²) in [5.74, 6) is -1.83. The van der Waals surface area contributed by atoms with Gasteiger partial charge in [0.05, 0.1) is 5.56 Å². The highest BCUT2D eigenvalue weighted by Gasteiger charge is 2.45. The van der Waals surface area contributed by atoms with Crippen molar-refractivity contribution in [1.82, 2.24) is 14.9 Å². The third-order valence-corrected chi connectivity index (χ3v) is 6.01. The topological polar surface area (TPSA) is 83.4 Å². The van der Waals surface area contributed by atoms with Gasteiger partial charge in [0, 0.05) is 18.8 Å². The molecular formula is C21H20F3N3O3. The molecule has 6 nitrogen and oxygen atoms in total. The molecule has 1 saturated heterocycles. The molecule has 0 spiro atoms. The number of nitrogens with zero attached hydrogens (tertiary/aromatic N) is 3. The van der Waals surface area contributed by atoms with E-state index in [0.29, 0.717) is 37.2 Å². The number of benzene rings is 1. The molecule has 2 fully saturated rings. The number of aryl methyl sites for hydroxylation is 1. The van der Waals surface area contributed by atoms with Crippen molar-refractivity contribution in [2.24, 2.45) is 11.8 Å². The highest BCUT2D eigenvalue weighted by molar-refractivity contribution is 5.92. The van der Waals surface area contributed by atoms with E-state index in [1.807, 2.05) is 0 Å². The van der Waals surface area contributed by atoms with Gasteiger partial charge >= 0.3 is 12.1 Å². The smallest absolute Gasteiger partial charge is 0.416 e. The molecule has 30 heavy (non-hydrogen) atoms. The van der Waals surface area contributed by atoms with Gasteiger partial charge in [-0.15, -0.1) is 0 Å². The van der Waals surface area contributed by atoms with Crippen molar-refractivity contribution in [3.8, 4) is 0 Å². The largest absolute Gasteiger partial charge is 0.477 e. The molecule has 9 heteroatoms. The van der Waals surface area contributed by atoms with E-state index in [1.54, 1.807) is 24.0 Å². The SMILES string of the molecule is Cc1cc(C(=O)O)nc(C(=O)N2C[C@H]3CC(c4ccccc4C(F)(F)F)C[C@H]3C2)n1. The molecule has 1 aliphatic carbocycles. The Labute approximate surface area is 170 Å². The Morgan fingerprint density at radius 3 is 2.33 bits per heavy atom. The van der Waals surface area contributed by atoms with Gasteiger partial charge in [-0.25, -0.2) is 14.8 Å². The van der Waals surface area contributed by atoms with Gasteiger partial charge in [-0.3, -0.25) is 4.79 Å². The minimum absolute atomic E-state index is 0.101. The van der Waals surface area contributed by atoms with Crippen molar-refractivity contribution >= 4 is 11.9 Å². The molecule has 2 aromatic rings. The molecule has 2 aliphatic rings. The number of aromatic carboxylic acids is 1. The Balaban J connectivity index is 1.48. The molecule has 2 heterocycles. The number of likely N-dealkylation sites (tertiary alicyclic amines) is 1. The molecule has 1 unspecified atom stereocenters. The van der Waals surface area contributed by atoms with Gasteiger partial charge in [-0.1, -0.05) is 18.2 Å². The van der Waals surface area contributed by atoms with Crippen molar-refractivity contribution in [2.75, 3.05) is 13.1 Å². The number of alkyl halides is 3. The second-order valence-corrected chi connectivity index (χ2v) is 8.01. The van der Waals surface area contributed by atoms with E-state index in [2.05, 4.69) is 9.97 Å². The van der Waals surface area contributed by atoms with Gasteiger partial charge in [-0.05, 0) is 55.2 Å². The fourth-order valence-corrected chi connectivity index (χ4v) is 4.75. The Bertz CT molecular complexity index is 994. The summed E-state index contributed by atoms with van der Waals surface area (Å²) in [5.41, 5.74) is -0.120. The first-order valence-corrected chi connectivity index (χ1v) is 9.68. The molecule has 1 saturated carbocycles. The third-order valence-electron chi connectivity index (χ3n) is 6.01. The zero-order valence-electron chi connectivity index (χ0n) is 16.2. The van der Waals surface area contributed by atoms with Gasteiger partial charge < -0.3 is 10.0 Å². The molecule has 3 atom stereocenters. The summed E-state index contributed by atoms with van der Waals surface area (Å²) >= 11 is 0. The van der Waals surface area contributed by atoms with Crippen LogP contribution in [0.25, 0.3) is 0 Å². The van der Waals surface area contributed by atoms with Crippen LogP contribution in [0.4, 0.5) is 13.2 Å². The Morgan fingerprint density at radius 2 is 1.73 bits per heavy atom. The number of rotatable bonds is 3. The van der Waals surface area contributed by atoms with Crippen LogP contribution in [0.15, 0.2) is 30.3 Å². The van der Waals surface area contributed by atoms with E-state index in [4.69, 9.17) is 5.11 Å². The summed E-state index contributed by atoms with van der Waals surface area (Å²) in [4.78, 5) is 33.5. The summed E-state index contributed by atoms with van der Waals surface area (Å²) in [6.45, 7) is 2.41. The Kier molecular flexibility index (Phi) is 4.99. The second-order valence-electron chi connectivity index (χ2n) is 8.01. The average molecular weight is 419 g/mol. The molecule has 1 aliphatic heterocycles. The molecule has 158 valence electrons. The Morgan fingerprint density at radius 1 is 1.10 bits per heavy atom. The van der Waals surface area contributed by atoms with Crippen LogP contribution >= 0.6 is 0 Å². The van der Waals surface area contributed by atoms with E-state index in [-0.39, 0.29) is 29.3 Å². The highest BCUT2D eigenvalue weighted by Crippen LogP contribution is 2.48. The lowest BCUT2D eigenvalue weighted by Gasteiger charge is -2.21. The molecule has 1 aromatic heterocycles. The van der Waals surface area contributed by atoms with Crippen LogP contribution in [0.1, 0.15) is 56.7 Å². The zero-order chi connectivity index (χ0) is 21.6. The van der Waals surface area contributed by atoms with E-state index in [0.717, 1.165) is 6.07 Å². The number of amides is 1. The molecule has 0 bridgehead atoms. The standard InChI is InChI=1S/C21H20F3N3O3/c1-11-6-17(20(29)30)26-18(25-11)19(28)27-9-13-7-12(8-14(13)10-27)15-4-2-3-5-16(15)21(22,23)24/h2-6,12-14H,7-10H2,1H3,(H,29,30)/t12?,13-,14+. The zero-order valence-corrected chi connectivity index (χ0v) is 16.2. The lowest BCUT2D eigenvalue weighted by molar-refractivity contribution is -0.138. The number of halogens is 3. The lowest BCUT2D eigenvalue weighted by atomic mass is 9.91. The molecule has 0 radical (unpaired) electrons. The normalized spacial score (nSPS) is 23.5. The number of aromatic nitrogens is 2. The number of hydrogen-bond donors (Lipinski definition) is 1. The number of carboxylic acid groups (broad SMARTS) is 1. The number of carbonyl (C=O) groups excluding carboxylic acids is 1. The van der Waals surface area contributed by atoms with E-state index < -0.39 is 23.6 Å². The fraction of sp³-hybridized carbons (Fsp3) is 0.429. The van der Waals surface area contributed by atoms with E-state index >= 15 is 0 Å². The number of carbonyl (C=O) groups is 2. The van der Waals surface area contributed by atoms with Crippen molar-refractivity contribution < 1.29 is 27.9 Å². The maximum absolute atomic E-state index is 13.4. The van der Waals surface area contributed by atoms with Crippen LogP contribution in [0.3, 0.4) is 0 Å². The molecule has 1 N–H and O–H groups in total. The van der Waals surface area contributed by atoms with Gasteiger partial charge in [0.1, 0.15) is 0 Å². The monoisotopic (exact) mass is 419 g/mol. The average Bonchev–Trinajstić information content (AvgIpc) is 3.25. The van der Waals surface area contributed by atoms with Gasteiger partial charge in [-0.2, -0.15) is 13.2 Å². The molecule has 1 amide bonds. The third kappa shape index (κ3) is 3.76. The first-order chi connectivity index (χ1) is 14.1. The number of carboxylic acids is 1. The minimum atomic E-state index is -4.39. The molecule has 4 rings (SSSR count). The lowest BCUT2D eigenvalue weighted by Crippen LogP contribution is -2.32. The molecule has 1 aromatic carbocycles. The Hall–Kier alpha value is -2.97. The first kappa shape index (κ1) is 20.3. The van der Waals surface area contributed by atoms with Crippen molar-refractivity contribution in [1.29, 1.82) is 0 Å². The minimum Gasteiger partial charge on any atom is -0.477 e. The van der Waals surface area contributed by atoms with Crippen molar-refractivity contribution in [2.45, 2.75) is 31.9 Å². The van der Waals surface area contributed by atoms with Crippen LogP contribution in [0.5, 0.6) is 0 Å². The van der Waals surface area contributed by atoms with Gasteiger partial charge in [0.2, 0.25) is 5.82 Å². The van der Waals surface area contributed by atoms with E-state index in [9.17, 15) is 22.8 Å². The van der Waals surface area contributed by atoms with Crippen LogP contribution in [-0.4, -0.2) is 44.9 Å². The van der Waals surface area contributed by atoms with Crippen LogP contribution < -0.4 is 0 Å². The number of fused-ring (bicyclic) bond motifs is 1. The maximum Gasteiger partial charge on any atom is 0.416 e. The first-order valence-electron chi connectivity index (χ1n) is 9.68. The predicted octanol–water partition coefficient (Wildman–Crippen LogP) is 3.77. The number of hydrogen-bond acceptors (Lipinski definition) is 4. The fourth-order valence-electron chi connectivity index (χ4n) is 4.75. The van der Waals surface area contributed by atoms with Crippen molar-refractivity contribution in [3.05, 3.63) is 58.7 Å². The van der Waals surface area contributed by atoms with Crippen LogP contribution in [0, 0.1) is 18.8 Å². The quantitative estimate of drug-likeness (QED) is 0.819.